The zero-order valence-corrected chi connectivity index (χ0v) is 29.1. The number of rotatable bonds is 1. The van der Waals surface area contributed by atoms with Crippen molar-refractivity contribution in [3.8, 4) is 11.1 Å². The van der Waals surface area contributed by atoms with Gasteiger partial charge in [0.2, 0.25) is 0 Å². The van der Waals surface area contributed by atoms with E-state index in [2.05, 4.69) is 178 Å². The molecule has 0 bridgehead atoms. The molecule has 0 spiro atoms. The van der Waals surface area contributed by atoms with Crippen LogP contribution in [0.5, 0.6) is 0 Å². The summed E-state index contributed by atoms with van der Waals surface area (Å²) in [6.07, 6.45) is 2.31. The number of para-hydroxylation sites is 1. The van der Waals surface area contributed by atoms with E-state index < -0.39 is 0 Å². The molecule has 3 heterocycles. The maximum atomic E-state index is 2.58. The smallest absolute Gasteiger partial charge is 0.332 e. The van der Waals surface area contributed by atoms with E-state index in [4.69, 9.17) is 0 Å². The molecule has 8 aromatic rings. The fourth-order valence-electron chi connectivity index (χ4n) is 8.54. The number of hydrogen-bond acceptors (Lipinski definition) is 1. The molecule has 3 heteroatoms. The third-order valence-corrected chi connectivity index (χ3v) is 11.2. The summed E-state index contributed by atoms with van der Waals surface area (Å²) < 4.78 is 2.54. The molecule has 2 aliphatic rings. The van der Waals surface area contributed by atoms with Crippen LogP contribution in [0.25, 0.3) is 54.3 Å². The van der Waals surface area contributed by atoms with Crippen molar-refractivity contribution in [2.45, 2.75) is 52.4 Å². The third kappa shape index (κ3) is 4.15. The van der Waals surface area contributed by atoms with Gasteiger partial charge in [0, 0.05) is 28.1 Å². The van der Waals surface area contributed by atoms with Gasteiger partial charge < -0.3 is 9.38 Å². The molecule has 49 heavy (non-hydrogen) atoms. The quantitative estimate of drug-likeness (QED) is 0.129. The van der Waals surface area contributed by atoms with Crippen molar-refractivity contribution >= 4 is 78.1 Å². The SMILES string of the molecule is CC(C)(C)c1cc(N2c3cc4cc5cc6ccccc6cc5cc4cc3B3c4c(cccc42)-c2cccc4ccn3c24)cc(C(C)(C)C)c1. The zero-order chi connectivity index (χ0) is 33.4. The summed E-state index contributed by atoms with van der Waals surface area (Å²) in [6, 6.07) is 46.5. The number of nitrogens with zero attached hydrogens (tertiary/aromatic N) is 2. The Kier molecular flexibility index (Phi) is 5.66. The van der Waals surface area contributed by atoms with Crippen LogP contribution < -0.4 is 15.8 Å². The van der Waals surface area contributed by atoms with Gasteiger partial charge in [-0.15, -0.1) is 0 Å². The summed E-state index contributed by atoms with van der Waals surface area (Å²) >= 11 is 0. The molecule has 2 aliphatic heterocycles. The zero-order valence-electron chi connectivity index (χ0n) is 29.1. The predicted octanol–water partition coefficient (Wildman–Crippen LogP) is 11.1. The Bertz CT molecular complexity index is 2670. The van der Waals surface area contributed by atoms with Gasteiger partial charge in [0.25, 0.3) is 0 Å². The van der Waals surface area contributed by atoms with E-state index in [9.17, 15) is 0 Å². The van der Waals surface area contributed by atoms with Crippen LogP contribution in [0, 0.1) is 0 Å². The minimum absolute atomic E-state index is 0.00797. The molecule has 0 radical (unpaired) electrons. The maximum absolute atomic E-state index is 2.58. The van der Waals surface area contributed by atoms with E-state index >= 15 is 0 Å². The number of hydrogen-bond donors (Lipinski definition) is 0. The molecular formula is C46H39BN2. The Hall–Kier alpha value is -5.28. The lowest BCUT2D eigenvalue weighted by molar-refractivity contribution is 0.569. The Morgan fingerprint density at radius 3 is 1.71 bits per heavy atom. The normalized spacial score (nSPS) is 13.8. The second-order valence-electron chi connectivity index (χ2n) is 16.4. The average Bonchev–Trinajstić information content (AvgIpc) is 3.51. The van der Waals surface area contributed by atoms with Crippen LogP contribution in [0.3, 0.4) is 0 Å². The molecule has 0 N–H and O–H groups in total. The predicted molar refractivity (Wildman–Crippen MR) is 212 cm³/mol. The second-order valence-corrected chi connectivity index (χ2v) is 16.4. The summed E-state index contributed by atoms with van der Waals surface area (Å²) in [6.45, 7) is 14.1. The van der Waals surface area contributed by atoms with Crippen molar-refractivity contribution in [1.82, 2.24) is 4.48 Å². The summed E-state index contributed by atoms with van der Waals surface area (Å²) in [7, 11) is 0. The molecule has 0 saturated carbocycles. The monoisotopic (exact) mass is 630 g/mol. The largest absolute Gasteiger partial charge is 0.382 e. The van der Waals surface area contributed by atoms with Gasteiger partial charge in [0.15, 0.2) is 0 Å². The first-order valence-electron chi connectivity index (χ1n) is 17.6. The van der Waals surface area contributed by atoms with E-state index in [1.807, 2.05) is 0 Å². The summed E-state index contributed by atoms with van der Waals surface area (Å²) in [5, 5.41) is 8.96. The number of benzene rings is 7. The van der Waals surface area contributed by atoms with Gasteiger partial charge in [-0.2, -0.15) is 0 Å². The summed E-state index contributed by atoms with van der Waals surface area (Å²) in [5.41, 5.74) is 13.2. The molecule has 236 valence electrons. The fraction of sp³-hybridized carbons (Fsp3) is 0.174. The van der Waals surface area contributed by atoms with Gasteiger partial charge in [-0.05, 0) is 137 Å². The molecule has 0 atom stereocenters. The average molecular weight is 631 g/mol. The molecule has 0 fully saturated rings. The molecule has 10 rings (SSSR count). The lowest BCUT2D eigenvalue weighted by Crippen LogP contribution is -2.56. The number of aromatic nitrogens is 1. The summed E-state index contributed by atoms with van der Waals surface area (Å²) in [4.78, 5) is 2.58. The molecule has 0 unspecified atom stereocenters. The lowest BCUT2D eigenvalue weighted by atomic mass is 9.45. The van der Waals surface area contributed by atoms with E-state index in [1.165, 1.54) is 93.5 Å². The fourth-order valence-corrected chi connectivity index (χ4v) is 8.54. The molecule has 2 nitrogen and oxygen atoms in total. The van der Waals surface area contributed by atoms with Gasteiger partial charge in [-0.1, -0.05) is 108 Å². The van der Waals surface area contributed by atoms with E-state index in [0.717, 1.165) is 0 Å². The molecular weight excluding hydrogens is 591 g/mol. The molecule has 1 aromatic heterocycles. The minimum atomic E-state index is 0.00797. The second kappa shape index (κ2) is 9.67. The molecule has 7 aromatic carbocycles. The topological polar surface area (TPSA) is 8.17 Å². The Labute approximate surface area is 288 Å². The third-order valence-electron chi connectivity index (χ3n) is 11.2. The van der Waals surface area contributed by atoms with E-state index in [1.54, 1.807) is 0 Å². The molecule has 0 saturated heterocycles. The van der Waals surface area contributed by atoms with Crippen LogP contribution in [0.2, 0.25) is 0 Å². The van der Waals surface area contributed by atoms with Gasteiger partial charge in [0.1, 0.15) is 0 Å². The minimum Gasteiger partial charge on any atom is -0.382 e. The van der Waals surface area contributed by atoms with Crippen molar-refractivity contribution in [3.05, 3.63) is 139 Å². The highest BCUT2D eigenvalue weighted by Crippen LogP contribution is 2.45. The highest BCUT2D eigenvalue weighted by molar-refractivity contribution is 6.89. The van der Waals surface area contributed by atoms with Crippen molar-refractivity contribution < 1.29 is 0 Å². The Morgan fingerprint density at radius 1 is 0.469 bits per heavy atom. The Morgan fingerprint density at radius 2 is 1.04 bits per heavy atom. The van der Waals surface area contributed by atoms with Crippen molar-refractivity contribution in [1.29, 1.82) is 0 Å². The van der Waals surface area contributed by atoms with E-state index in [0.29, 0.717) is 0 Å². The van der Waals surface area contributed by atoms with Crippen LogP contribution in [0.4, 0.5) is 17.1 Å². The van der Waals surface area contributed by atoms with Crippen LogP contribution in [-0.2, 0) is 10.8 Å². The van der Waals surface area contributed by atoms with Crippen LogP contribution in [0.15, 0.2) is 128 Å². The maximum Gasteiger partial charge on any atom is 0.332 e. The van der Waals surface area contributed by atoms with Crippen molar-refractivity contribution in [2.75, 3.05) is 4.90 Å². The first kappa shape index (κ1) is 28.7. The Balaban J connectivity index is 1.33. The van der Waals surface area contributed by atoms with Gasteiger partial charge in [0.05, 0.1) is 0 Å². The van der Waals surface area contributed by atoms with E-state index in [-0.39, 0.29) is 17.7 Å². The highest BCUT2D eigenvalue weighted by Gasteiger charge is 2.41. The van der Waals surface area contributed by atoms with Crippen LogP contribution >= 0.6 is 0 Å². The van der Waals surface area contributed by atoms with Gasteiger partial charge >= 0.3 is 6.85 Å². The summed E-state index contributed by atoms with van der Waals surface area (Å²) in [5.74, 6) is 0. The van der Waals surface area contributed by atoms with Gasteiger partial charge in [-0.3, -0.25) is 0 Å². The number of anilines is 3. The van der Waals surface area contributed by atoms with Gasteiger partial charge in [-0.25, -0.2) is 0 Å². The molecule has 0 amide bonds. The van der Waals surface area contributed by atoms with Crippen molar-refractivity contribution in [2.24, 2.45) is 0 Å². The standard InChI is InChI=1S/C46H39BN2/c1-45(2,3)35-25-36(46(4,5)6)27-37(26-35)49-41-16-10-14-38-39-15-9-13-28-17-18-48(44(28)39)47(43(38)41)40-23-33-21-31-19-29-11-7-8-12-30(29)20-32(31)22-34(33)24-42(40)49/h7-27H,1-6H3. The molecule has 0 aliphatic carbocycles. The first-order valence-corrected chi connectivity index (χ1v) is 17.6. The number of fused-ring (bicyclic) bond motifs is 7. The van der Waals surface area contributed by atoms with Crippen molar-refractivity contribution in [3.63, 3.8) is 0 Å². The first-order chi connectivity index (χ1) is 23.5. The van der Waals surface area contributed by atoms with Crippen LogP contribution in [-0.4, -0.2) is 11.3 Å². The lowest BCUT2D eigenvalue weighted by Gasteiger charge is -2.41. The highest BCUT2D eigenvalue weighted by atomic mass is 15.2. The van der Waals surface area contributed by atoms with Crippen LogP contribution in [0.1, 0.15) is 52.7 Å².